The van der Waals surface area contributed by atoms with E-state index in [1.165, 1.54) is 5.56 Å². The summed E-state index contributed by atoms with van der Waals surface area (Å²) in [5, 5.41) is 4.95. The van der Waals surface area contributed by atoms with Crippen LogP contribution in [-0.4, -0.2) is 15.9 Å². The number of rotatable bonds is 5. The smallest absolute Gasteiger partial charge is 0.225 e. The van der Waals surface area contributed by atoms with Crippen LogP contribution in [0.5, 0.6) is 0 Å². The Morgan fingerprint density at radius 3 is 2.68 bits per heavy atom. The van der Waals surface area contributed by atoms with Gasteiger partial charge in [-0.15, -0.1) is 0 Å². The molecular weight excluding hydrogens is 310 g/mol. The molecule has 4 nitrogen and oxygen atoms in total. The summed E-state index contributed by atoms with van der Waals surface area (Å²) in [6.45, 7) is 6.18. The third kappa shape index (κ3) is 3.68. The number of carbonyl (C=O) groups excluding carboxylic acids is 1. The van der Waals surface area contributed by atoms with Crippen LogP contribution in [0.4, 0.5) is 5.82 Å². The Balaban J connectivity index is 2.06. The molecule has 3 rings (SSSR count). The highest BCUT2D eigenvalue weighted by molar-refractivity contribution is 5.94. The molecule has 0 saturated heterocycles. The van der Waals surface area contributed by atoms with E-state index in [0.29, 0.717) is 12.2 Å². The van der Waals surface area contributed by atoms with E-state index in [4.69, 9.17) is 4.98 Å². The molecule has 3 aromatic rings. The summed E-state index contributed by atoms with van der Waals surface area (Å²) in [5.74, 6) is 0.586. The molecule has 4 heteroatoms. The number of nitrogens with zero attached hydrogens (tertiary/aromatic N) is 2. The second-order valence-electron chi connectivity index (χ2n) is 6.21. The molecule has 0 bridgehead atoms. The van der Waals surface area contributed by atoms with Crippen molar-refractivity contribution in [2.75, 3.05) is 5.32 Å². The van der Waals surface area contributed by atoms with Crippen LogP contribution in [0.1, 0.15) is 37.9 Å². The van der Waals surface area contributed by atoms with Gasteiger partial charge in [0, 0.05) is 34.6 Å². The Morgan fingerprint density at radius 2 is 1.96 bits per heavy atom. The normalized spacial score (nSPS) is 10.8. The molecule has 0 saturated carbocycles. The van der Waals surface area contributed by atoms with Gasteiger partial charge in [-0.1, -0.05) is 38.1 Å². The zero-order valence-electron chi connectivity index (χ0n) is 15.0. The van der Waals surface area contributed by atoms with Crippen LogP contribution in [-0.2, 0) is 11.2 Å². The molecule has 1 N–H and O–H groups in total. The minimum atomic E-state index is -0.00288. The molecule has 25 heavy (non-hydrogen) atoms. The summed E-state index contributed by atoms with van der Waals surface area (Å²) < 4.78 is 0. The number of aryl methyl sites for hydroxylation is 2. The van der Waals surface area contributed by atoms with Crippen LogP contribution in [0.25, 0.3) is 22.0 Å². The van der Waals surface area contributed by atoms with Crippen LogP contribution in [0.2, 0.25) is 0 Å². The van der Waals surface area contributed by atoms with Gasteiger partial charge in [0.2, 0.25) is 5.91 Å². The van der Waals surface area contributed by atoms with E-state index < -0.39 is 0 Å². The predicted molar refractivity (Wildman–Crippen MR) is 103 cm³/mol. The van der Waals surface area contributed by atoms with Gasteiger partial charge < -0.3 is 5.32 Å². The number of amides is 1. The lowest BCUT2D eigenvalue weighted by atomic mass is 10.0. The van der Waals surface area contributed by atoms with Crippen molar-refractivity contribution in [3.63, 3.8) is 0 Å². The van der Waals surface area contributed by atoms with E-state index in [0.717, 1.165) is 40.6 Å². The highest BCUT2D eigenvalue weighted by Crippen LogP contribution is 2.28. The number of pyridine rings is 2. The molecule has 0 aliphatic carbocycles. The molecule has 0 aliphatic rings. The van der Waals surface area contributed by atoms with Crippen LogP contribution in [0, 0.1) is 6.92 Å². The van der Waals surface area contributed by atoms with Crippen LogP contribution in [0.3, 0.4) is 0 Å². The van der Waals surface area contributed by atoms with E-state index >= 15 is 0 Å². The van der Waals surface area contributed by atoms with Crippen molar-refractivity contribution >= 4 is 22.5 Å². The molecule has 1 aromatic carbocycles. The van der Waals surface area contributed by atoms with Crippen molar-refractivity contribution < 1.29 is 4.79 Å². The van der Waals surface area contributed by atoms with Crippen LogP contribution >= 0.6 is 0 Å². The van der Waals surface area contributed by atoms with E-state index in [9.17, 15) is 4.79 Å². The Labute approximate surface area is 148 Å². The molecule has 0 fully saturated rings. The fraction of sp³-hybridized carbons (Fsp3) is 0.286. The van der Waals surface area contributed by atoms with Crippen molar-refractivity contribution in [3.05, 3.63) is 53.9 Å². The maximum Gasteiger partial charge on any atom is 0.225 e. The Kier molecular flexibility index (Phi) is 5.08. The first-order valence-electron chi connectivity index (χ1n) is 8.78. The van der Waals surface area contributed by atoms with E-state index in [2.05, 4.69) is 42.3 Å². The quantitative estimate of drug-likeness (QED) is 0.722. The maximum absolute atomic E-state index is 11.8. The summed E-state index contributed by atoms with van der Waals surface area (Å²) >= 11 is 0. The average molecular weight is 333 g/mol. The lowest BCUT2D eigenvalue weighted by Gasteiger charge is -2.11. The first kappa shape index (κ1) is 17.1. The molecule has 0 aliphatic heterocycles. The number of carbonyl (C=O) groups is 1. The largest absolute Gasteiger partial charge is 0.311 e. The molecule has 128 valence electrons. The standard InChI is InChI=1S/C21H23N3O/c1-4-8-21(25)24-20-12-17-15(13-22-20)11-19(23-18(17)5-2)16-10-7-6-9-14(16)3/h6-7,9-13H,4-5,8H2,1-3H3,(H,22,24,25). The number of nitrogens with one attached hydrogen (secondary N) is 1. The van der Waals surface area contributed by atoms with Gasteiger partial charge in [-0.2, -0.15) is 0 Å². The molecule has 0 radical (unpaired) electrons. The van der Waals surface area contributed by atoms with Gasteiger partial charge in [0.15, 0.2) is 0 Å². The number of hydrogen-bond donors (Lipinski definition) is 1. The van der Waals surface area contributed by atoms with Crippen molar-refractivity contribution in [3.8, 4) is 11.3 Å². The molecule has 0 spiro atoms. The van der Waals surface area contributed by atoms with E-state index in [1.54, 1.807) is 0 Å². The number of aromatic nitrogens is 2. The second-order valence-corrected chi connectivity index (χ2v) is 6.21. The van der Waals surface area contributed by atoms with Crippen molar-refractivity contribution in [2.24, 2.45) is 0 Å². The highest BCUT2D eigenvalue weighted by atomic mass is 16.1. The fourth-order valence-electron chi connectivity index (χ4n) is 2.98. The topological polar surface area (TPSA) is 54.9 Å². The van der Waals surface area contributed by atoms with Crippen LogP contribution in [0.15, 0.2) is 42.6 Å². The molecule has 2 aromatic heterocycles. The fourth-order valence-corrected chi connectivity index (χ4v) is 2.98. The summed E-state index contributed by atoms with van der Waals surface area (Å²) in [7, 11) is 0. The molecule has 0 atom stereocenters. The summed E-state index contributed by atoms with van der Waals surface area (Å²) in [5.41, 5.74) is 4.32. The van der Waals surface area contributed by atoms with Crippen molar-refractivity contribution in [1.82, 2.24) is 9.97 Å². The number of hydrogen-bond acceptors (Lipinski definition) is 3. The first-order chi connectivity index (χ1) is 12.1. The predicted octanol–water partition coefficient (Wildman–Crippen LogP) is 4.91. The van der Waals surface area contributed by atoms with Gasteiger partial charge in [0.1, 0.15) is 5.82 Å². The van der Waals surface area contributed by atoms with Gasteiger partial charge in [-0.05, 0) is 37.5 Å². The Hall–Kier alpha value is -2.75. The average Bonchev–Trinajstić information content (AvgIpc) is 2.61. The highest BCUT2D eigenvalue weighted by Gasteiger charge is 2.10. The molecule has 2 heterocycles. The monoisotopic (exact) mass is 333 g/mol. The zero-order valence-corrected chi connectivity index (χ0v) is 15.0. The lowest BCUT2D eigenvalue weighted by molar-refractivity contribution is -0.116. The maximum atomic E-state index is 11.8. The summed E-state index contributed by atoms with van der Waals surface area (Å²) in [6, 6.07) is 12.3. The third-order valence-electron chi connectivity index (χ3n) is 4.29. The van der Waals surface area contributed by atoms with Gasteiger partial charge in [-0.3, -0.25) is 9.78 Å². The lowest BCUT2D eigenvalue weighted by Crippen LogP contribution is -2.11. The zero-order chi connectivity index (χ0) is 17.8. The Bertz CT molecular complexity index is 918. The number of benzene rings is 1. The van der Waals surface area contributed by atoms with E-state index in [-0.39, 0.29) is 5.91 Å². The van der Waals surface area contributed by atoms with E-state index in [1.807, 2.05) is 31.3 Å². The van der Waals surface area contributed by atoms with Gasteiger partial charge >= 0.3 is 0 Å². The summed E-state index contributed by atoms with van der Waals surface area (Å²) in [4.78, 5) is 21.1. The first-order valence-corrected chi connectivity index (χ1v) is 8.78. The summed E-state index contributed by atoms with van der Waals surface area (Å²) in [6.07, 6.45) is 3.97. The molecule has 0 unspecified atom stereocenters. The Morgan fingerprint density at radius 1 is 1.16 bits per heavy atom. The van der Waals surface area contributed by atoms with Crippen molar-refractivity contribution in [2.45, 2.75) is 40.0 Å². The molecular formula is C21H23N3O. The van der Waals surface area contributed by atoms with Gasteiger partial charge in [0.05, 0.1) is 5.69 Å². The number of fused-ring (bicyclic) bond motifs is 1. The van der Waals surface area contributed by atoms with Gasteiger partial charge in [0.25, 0.3) is 0 Å². The minimum absolute atomic E-state index is 0.00288. The minimum Gasteiger partial charge on any atom is -0.311 e. The number of anilines is 1. The van der Waals surface area contributed by atoms with Crippen LogP contribution < -0.4 is 5.32 Å². The van der Waals surface area contributed by atoms with Gasteiger partial charge in [-0.25, -0.2) is 4.98 Å². The molecule has 1 amide bonds. The second kappa shape index (κ2) is 7.43. The van der Waals surface area contributed by atoms with Crippen molar-refractivity contribution in [1.29, 1.82) is 0 Å². The third-order valence-corrected chi connectivity index (χ3v) is 4.29. The SMILES string of the molecule is CCCC(=O)Nc1cc2c(CC)nc(-c3ccccc3C)cc2cn1.